The molecule has 96 valence electrons. The van der Waals surface area contributed by atoms with Gasteiger partial charge in [0, 0.05) is 13.2 Å². The summed E-state index contributed by atoms with van der Waals surface area (Å²) in [5, 5.41) is 3.72. The lowest BCUT2D eigenvalue weighted by Gasteiger charge is -2.32. The Labute approximate surface area is 101 Å². The molecule has 1 aliphatic rings. The van der Waals surface area contributed by atoms with Gasteiger partial charge in [0.15, 0.2) is 0 Å². The molecule has 2 heteroatoms. The van der Waals surface area contributed by atoms with Crippen molar-refractivity contribution >= 4 is 0 Å². The van der Waals surface area contributed by atoms with Crippen LogP contribution in [0, 0.1) is 5.92 Å². The van der Waals surface area contributed by atoms with Crippen molar-refractivity contribution in [1.29, 1.82) is 0 Å². The van der Waals surface area contributed by atoms with Crippen molar-refractivity contribution in [2.75, 3.05) is 13.7 Å². The summed E-state index contributed by atoms with van der Waals surface area (Å²) in [6.07, 6.45) is 9.90. The first-order chi connectivity index (χ1) is 7.77. The van der Waals surface area contributed by atoms with Gasteiger partial charge in [-0.1, -0.05) is 26.2 Å². The predicted molar refractivity (Wildman–Crippen MR) is 69.7 cm³/mol. The molecule has 1 saturated carbocycles. The number of rotatable bonds is 7. The quantitative estimate of drug-likeness (QED) is 0.720. The number of nitrogens with one attached hydrogen (secondary N) is 1. The number of hydrogen-bond acceptors (Lipinski definition) is 2. The smallest absolute Gasteiger partial charge is 0.0558 e. The molecule has 0 bridgehead atoms. The van der Waals surface area contributed by atoms with Gasteiger partial charge < -0.3 is 10.1 Å². The average molecular weight is 227 g/mol. The highest BCUT2D eigenvalue weighted by Crippen LogP contribution is 2.28. The Morgan fingerprint density at radius 2 is 1.94 bits per heavy atom. The highest BCUT2D eigenvalue weighted by Gasteiger charge is 2.24. The first-order valence-electron chi connectivity index (χ1n) is 7.04. The monoisotopic (exact) mass is 227 g/mol. The Kier molecular flexibility index (Phi) is 7.06. The fraction of sp³-hybridized carbons (Fsp3) is 1.00. The zero-order valence-electron chi connectivity index (χ0n) is 11.3. The average Bonchev–Trinajstić information content (AvgIpc) is 2.35. The second-order valence-corrected chi connectivity index (χ2v) is 5.24. The van der Waals surface area contributed by atoms with Crippen LogP contribution >= 0.6 is 0 Å². The van der Waals surface area contributed by atoms with Crippen molar-refractivity contribution < 1.29 is 4.74 Å². The minimum atomic E-state index is 0.385. The summed E-state index contributed by atoms with van der Waals surface area (Å²) < 4.78 is 5.41. The van der Waals surface area contributed by atoms with Crippen LogP contribution in [-0.4, -0.2) is 25.8 Å². The molecule has 0 spiro atoms. The molecule has 0 aliphatic heterocycles. The first kappa shape index (κ1) is 14.0. The first-order valence-corrected chi connectivity index (χ1v) is 7.04. The molecule has 1 N–H and O–H groups in total. The molecular formula is C14H29NO. The molecule has 0 aromatic carbocycles. The molecule has 1 aliphatic carbocycles. The van der Waals surface area contributed by atoms with Crippen LogP contribution in [0.2, 0.25) is 0 Å². The third-order valence-electron chi connectivity index (χ3n) is 3.86. The molecule has 16 heavy (non-hydrogen) atoms. The van der Waals surface area contributed by atoms with Gasteiger partial charge in [-0.25, -0.2) is 0 Å². The fourth-order valence-corrected chi connectivity index (χ4v) is 2.76. The summed E-state index contributed by atoms with van der Waals surface area (Å²) in [5.41, 5.74) is 0. The molecule has 1 rings (SSSR count). The van der Waals surface area contributed by atoms with Gasteiger partial charge in [0.25, 0.3) is 0 Å². The maximum Gasteiger partial charge on any atom is 0.0558 e. The lowest BCUT2D eigenvalue weighted by atomic mass is 9.82. The van der Waals surface area contributed by atoms with Gasteiger partial charge in [-0.2, -0.15) is 0 Å². The van der Waals surface area contributed by atoms with E-state index in [0.29, 0.717) is 12.1 Å². The molecule has 0 amide bonds. The van der Waals surface area contributed by atoms with E-state index in [0.717, 1.165) is 12.5 Å². The van der Waals surface area contributed by atoms with Crippen LogP contribution in [0.5, 0.6) is 0 Å². The lowest BCUT2D eigenvalue weighted by molar-refractivity contribution is 0.0872. The van der Waals surface area contributed by atoms with Gasteiger partial charge in [-0.15, -0.1) is 0 Å². The Morgan fingerprint density at radius 3 is 2.50 bits per heavy atom. The third-order valence-corrected chi connectivity index (χ3v) is 3.86. The number of ether oxygens (including phenoxy) is 1. The fourth-order valence-electron chi connectivity index (χ4n) is 2.76. The SMILES string of the molecule is CCCNC(CC(C)OC)C1CCCCC1. The zero-order chi connectivity index (χ0) is 11.8. The molecule has 0 radical (unpaired) electrons. The molecular weight excluding hydrogens is 198 g/mol. The van der Waals surface area contributed by atoms with Crippen LogP contribution in [0.4, 0.5) is 0 Å². The van der Waals surface area contributed by atoms with Gasteiger partial charge in [-0.05, 0) is 45.1 Å². The van der Waals surface area contributed by atoms with Gasteiger partial charge >= 0.3 is 0 Å². The van der Waals surface area contributed by atoms with E-state index in [-0.39, 0.29) is 0 Å². The van der Waals surface area contributed by atoms with Crippen molar-refractivity contribution in [1.82, 2.24) is 5.32 Å². The van der Waals surface area contributed by atoms with E-state index in [1.165, 1.54) is 44.9 Å². The molecule has 0 aromatic rings. The van der Waals surface area contributed by atoms with E-state index in [1.54, 1.807) is 0 Å². The van der Waals surface area contributed by atoms with Gasteiger partial charge in [-0.3, -0.25) is 0 Å². The Balaban J connectivity index is 2.40. The summed E-state index contributed by atoms with van der Waals surface area (Å²) >= 11 is 0. The standard InChI is InChI=1S/C14H29NO/c1-4-10-15-14(11-12(2)16-3)13-8-6-5-7-9-13/h12-15H,4-11H2,1-3H3. The van der Waals surface area contributed by atoms with E-state index in [4.69, 9.17) is 4.74 Å². The van der Waals surface area contributed by atoms with Crippen molar-refractivity contribution in [3.8, 4) is 0 Å². The van der Waals surface area contributed by atoms with Gasteiger partial charge in [0.2, 0.25) is 0 Å². The Morgan fingerprint density at radius 1 is 1.25 bits per heavy atom. The maximum atomic E-state index is 5.41. The van der Waals surface area contributed by atoms with Gasteiger partial charge in [0.1, 0.15) is 0 Å². The maximum absolute atomic E-state index is 5.41. The number of hydrogen-bond donors (Lipinski definition) is 1. The summed E-state index contributed by atoms with van der Waals surface area (Å²) in [7, 11) is 1.82. The van der Waals surface area contributed by atoms with Crippen LogP contribution in [0.1, 0.15) is 58.8 Å². The third kappa shape index (κ3) is 4.84. The molecule has 2 unspecified atom stereocenters. The van der Waals surface area contributed by atoms with Crippen molar-refractivity contribution in [3.05, 3.63) is 0 Å². The van der Waals surface area contributed by atoms with Crippen molar-refractivity contribution in [3.63, 3.8) is 0 Å². The predicted octanol–water partition coefficient (Wildman–Crippen LogP) is 3.36. The second-order valence-electron chi connectivity index (χ2n) is 5.24. The van der Waals surface area contributed by atoms with Crippen LogP contribution in [0.3, 0.4) is 0 Å². The van der Waals surface area contributed by atoms with Gasteiger partial charge in [0.05, 0.1) is 6.10 Å². The summed E-state index contributed by atoms with van der Waals surface area (Å²) in [6.45, 7) is 5.58. The van der Waals surface area contributed by atoms with Crippen LogP contribution in [0.25, 0.3) is 0 Å². The highest BCUT2D eigenvalue weighted by atomic mass is 16.5. The van der Waals surface area contributed by atoms with E-state index < -0.39 is 0 Å². The van der Waals surface area contributed by atoms with E-state index in [1.807, 2.05) is 7.11 Å². The van der Waals surface area contributed by atoms with Crippen molar-refractivity contribution in [2.45, 2.75) is 70.9 Å². The van der Waals surface area contributed by atoms with Crippen molar-refractivity contribution in [2.24, 2.45) is 5.92 Å². The van der Waals surface area contributed by atoms with Crippen LogP contribution in [-0.2, 0) is 4.74 Å². The van der Waals surface area contributed by atoms with Crippen LogP contribution < -0.4 is 5.32 Å². The Bertz CT molecular complexity index is 166. The Hall–Kier alpha value is -0.0800. The summed E-state index contributed by atoms with van der Waals surface area (Å²) in [4.78, 5) is 0. The lowest BCUT2D eigenvalue weighted by Crippen LogP contribution is -2.40. The molecule has 2 nitrogen and oxygen atoms in total. The molecule has 1 fully saturated rings. The molecule has 0 saturated heterocycles. The number of methoxy groups -OCH3 is 1. The summed E-state index contributed by atoms with van der Waals surface area (Å²) in [6, 6.07) is 0.676. The minimum Gasteiger partial charge on any atom is -0.382 e. The normalized spacial score (nSPS) is 21.9. The second kappa shape index (κ2) is 8.08. The van der Waals surface area contributed by atoms with E-state index in [2.05, 4.69) is 19.2 Å². The zero-order valence-corrected chi connectivity index (χ0v) is 11.3. The van der Waals surface area contributed by atoms with E-state index in [9.17, 15) is 0 Å². The molecule has 0 heterocycles. The minimum absolute atomic E-state index is 0.385. The largest absolute Gasteiger partial charge is 0.382 e. The summed E-state index contributed by atoms with van der Waals surface area (Å²) in [5.74, 6) is 0.887. The topological polar surface area (TPSA) is 21.3 Å². The molecule has 0 aromatic heterocycles. The van der Waals surface area contributed by atoms with E-state index >= 15 is 0 Å². The highest BCUT2D eigenvalue weighted by molar-refractivity contribution is 4.81. The molecule has 2 atom stereocenters. The van der Waals surface area contributed by atoms with Crippen LogP contribution in [0.15, 0.2) is 0 Å².